The van der Waals surface area contributed by atoms with Crippen molar-refractivity contribution in [3.63, 3.8) is 0 Å². The molecule has 2 aromatic rings. The van der Waals surface area contributed by atoms with Crippen LogP contribution in [-0.2, 0) is 29.1 Å². The Morgan fingerprint density at radius 3 is 2.36 bits per heavy atom. The van der Waals surface area contributed by atoms with Crippen molar-refractivity contribution in [2.75, 3.05) is 7.05 Å². The number of carbonyl (C=O) groups excluding carboxylic acids is 2. The maximum atomic E-state index is 12.9. The van der Waals surface area contributed by atoms with Gasteiger partial charge in [-0.3, -0.25) is 9.59 Å². The second kappa shape index (κ2) is 9.09. The molecule has 1 aromatic carbocycles. The lowest BCUT2D eigenvalue weighted by atomic mass is 9.93. The topological polar surface area (TPSA) is 54.3 Å². The highest BCUT2D eigenvalue weighted by Crippen LogP contribution is 2.24. The third-order valence-corrected chi connectivity index (χ3v) is 5.81. The first-order chi connectivity index (χ1) is 13.5. The van der Waals surface area contributed by atoms with Gasteiger partial charge < -0.3 is 14.8 Å². The first-order valence-electron chi connectivity index (χ1n) is 10.2. The van der Waals surface area contributed by atoms with Gasteiger partial charge in [0.2, 0.25) is 11.8 Å². The van der Waals surface area contributed by atoms with Crippen LogP contribution < -0.4 is 5.32 Å². The average molecular weight is 382 g/mol. The minimum atomic E-state index is -0.405. The van der Waals surface area contributed by atoms with Gasteiger partial charge in [0.25, 0.3) is 0 Å². The first-order valence-corrected chi connectivity index (χ1v) is 10.2. The predicted molar refractivity (Wildman–Crippen MR) is 111 cm³/mol. The van der Waals surface area contributed by atoms with Gasteiger partial charge in [-0.25, -0.2) is 0 Å². The largest absolute Gasteiger partial charge is 0.357 e. The summed E-state index contributed by atoms with van der Waals surface area (Å²) in [5.41, 5.74) is 4.88. The van der Waals surface area contributed by atoms with Crippen LogP contribution in [0.2, 0.25) is 0 Å². The quantitative estimate of drug-likeness (QED) is 0.748. The van der Waals surface area contributed by atoms with Gasteiger partial charge >= 0.3 is 0 Å². The maximum absolute atomic E-state index is 12.9. The Bertz CT molecular complexity index is 821. The molecular formula is C23H31N3O2. The summed E-state index contributed by atoms with van der Waals surface area (Å²) in [7, 11) is 1.64. The average Bonchev–Trinajstić information content (AvgIpc) is 3.03. The van der Waals surface area contributed by atoms with Gasteiger partial charge in [0.15, 0.2) is 0 Å². The maximum Gasteiger partial charge on any atom is 0.242 e. The molecule has 1 N–H and O–H groups in total. The fourth-order valence-electron chi connectivity index (χ4n) is 4.10. The van der Waals surface area contributed by atoms with Gasteiger partial charge in [0, 0.05) is 44.4 Å². The van der Waals surface area contributed by atoms with Gasteiger partial charge in [-0.05, 0) is 49.9 Å². The summed E-state index contributed by atoms with van der Waals surface area (Å²) in [5.74, 6) is -0.00200. The van der Waals surface area contributed by atoms with Crippen LogP contribution in [0.15, 0.2) is 36.4 Å². The van der Waals surface area contributed by atoms with E-state index in [-0.39, 0.29) is 11.8 Å². The Morgan fingerprint density at radius 2 is 1.68 bits per heavy atom. The van der Waals surface area contributed by atoms with Gasteiger partial charge in [-0.15, -0.1) is 0 Å². The fraction of sp³-hybridized carbons (Fsp3) is 0.478. The highest BCUT2D eigenvalue weighted by Gasteiger charge is 2.33. The van der Waals surface area contributed by atoms with E-state index >= 15 is 0 Å². The highest BCUT2D eigenvalue weighted by molar-refractivity contribution is 5.88. The van der Waals surface area contributed by atoms with Crippen LogP contribution in [0.3, 0.4) is 0 Å². The van der Waals surface area contributed by atoms with E-state index < -0.39 is 6.04 Å². The summed E-state index contributed by atoms with van der Waals surface area (Å²) < 4.78 is 2.32. The van der Waals surface area contributed by atoms with Crippen LogP contribution in [0.5, 0.6) is 0 Å². The van der Waals surface area contributed by atoms with Crippen molar-refractivity contribution >= 4 is 11.8 Å². The van der Waals surface area contributed by atoms with Crippen molar-refractivity contribution in [3.8, 4) is 0 Å². The van der Waals surface area contributed by atoms with Gasteiger partial charge in [-0.1, -0.05) is 30.7 Å². The minimum Gasteiger partial charge on any atom is -0.357 e. The summed E-state index contributed by atoms with van der Waals surface area (Å²) in [5, 5.41) is 2.72. The summed E-state index contributed by atoms with van der Waals surface area (Å²) >= 11 is 0. The van der Waals surface area contributed by atoms with Crippen molar-refractivity contribution in [1.82, 2.24) is 14.8 Å². The molecule has 0 spiro atoms. The number of likely N-dealkylation sites (N-methyl/N-ethyl adjacent to an activating group) is 1. The van der Waals surface area contributed by atoms with E-state index in [4.69, 9.17) is 0 Å². The van der Waals surface area contributed by atoms with E-state index in [1.54, 1.807) is 11.9 Å². The second-order valence-electron chi connectivity index (χ2n) is 7.70. The lowest BCUT2D eigenvalue weighted by Gasteiger charge is -2.36. The molecule has 0 bridgehead atoms. The molecule has 2 amide bonds. The number of hydrogen-bond acceptors (Lipinski definition) is 2. The van der Waals surface area contributed by atoms with Gasteiger partial charge in [0.1, 0.15) is 6.04 Å². The normalized spacial score (nSPS) is 16.0. The summed E-state index contributed by atoms with van der Waals surface area (Å²) in [6.07, 6.45) is 4.02. The first kappa shape index (κ1) is 20.2. The van der Waals surface area contributed by atoms with Crippen molar-refractivity contribution in [3.05, 3.63) is 58.9 Å². The Balaban J connectivity index is 1.54. The molecule has 0 saturated heterocycles. The molecule has 3 rings (SSSR count). The zero-order chi connectivity index (χ0) is 20.1. The number of nitrogens with zero attached hydrogens (tertiary/aromatic N) is 2. The number of nitrogens with one attached hydrogen (secondary N) is 1. The fourth-order valence-corrected chi connectivity index (χ4v) is 4.10. The number of aromatic nitrogens is 1. The van der Waals surface area contributed by atoms with Gasteiger partial charge in [0.05, 0.1) is 0 Å². The van der Waals surface area contributed by atoms with E-state index in [1.807, 2.05) is 12.1 Å². The van der Waals surface area contributed by atoms with Crippen molar-refractivity contribution < 1.29 is 9.59 Å². The molecule has 0 aliphatic carbocycles. The molecule has 0 fully saturated rings. The molecule has 1 unspecified atom stereocenters. The molecule has 150 valence electrons. The molecule has 1 aliphatic rings. The summed E-state index contributed by atoms with van der Waals surface area (Å²) in [6, 6.07) is 12.0. The minimum absolute atomic E-state index is 0.0800. The number of carbonyl (C=O) groups is 2. The van der Waals surface area contributed by atoms with Crippen LogP contribution in [0, 0.1) is 13.8 Å². The zero-order valence-corrected chi connectivity index (χ0v) is 17.2. The second-order valence-corrected chi connectivity index (χ2v) is 7.70. The lowest BCUT2D eigenvalue weighted by Crippen LogP contribution is -2.51. The van der Waals surface area contributed by atoms with E-state index in [0.717, 1.165) is 36.9 Å². The third-order valence-electron chi connectivity index (χ3n) is 5.81. The molecular weight excluding hydrogens is 350 g/mol. The molecule has 0 saturated carbocycles. The van der Waals surface area contributed by atoms with Crippen LogP contribution in [-0.4, -0.2) is 34.4 Å². The standard InChI is InChI=1S/C23H31N3O2/c1-17-12-13-18(2)25(17)14-8-4-5-11-22(27)26-16-20-10-7-6-9-19(20)15-21(26)23(28)24-3/h6-7,9-10,12-13,21H,4-5,8,11,14-16H2,1-3H3,(H,24,28). The van der Waals surface area contributed by atoms with Crippen molar-refractivity contribution in [2.24, 2.45) is 0 Å². The monoisotopic (exact) mass is 381 g/mol. The number of rotatable bonds is 7. The number of fused-ring (bicyclic) bond motifs is 1. The SMILES string of the molecule is CNC(=O)C1Cc2ccccc2CN1C(=O)CCCCCn1c(C)ccc1C. The van der Waals surface area contributed by atoms with Crippen LogP contribution >= 0.6 is 0 Å². The number of benzene rings is 1. The Morgan fingerprint density at radius 1 is 1.00 bits per heavy atom. The number of hydrogen-bond donors (Lipinski definition) is 1. The number of unbranched alkanes of at least 4 members (excludes halogenated alkanes) is 2. The number of aryl methyl sites for hydroxylation is 2. The summed E-state index contributed by atoms with van der Waals surface area (Å²) in [4.78, 5) is 27.0. The molecule has 1 atom stereocenters. The molecule has 1 aliphatic heterocycles. The van der Waals surface area contributed by atoms with E-state index in [1.165, 1.54) is 11.4 Å². The predicted octanol–water partition coefficient (Wildman–Crippen LogP) is 3.36. The smallest absolute Gasteiger partial charge is 0.242 e. The number of amides is 2. The lowest BCUT2D eigenvalue weighted by molar-refractivity contribution is -0.141. The van der Waals surface area contributed by atoms with E-state index in [0.29, 0.717) is 19.4 Å². The van der Waals surface area contributed by atoms with Crippen molar-refractivity contribution in [2.45, 2.75) is 65.1 Å². The molecule has 28 heavy (non-hydrogen) atoms. The van der Waals surface area contributed by atoms with E-state index in [9.17, 15) is 9.59 Å². The highest BCUT2D eigenvalue weighted by atomic mass is 16.2. The van der Waals surface area contributed by atoms with Crippen molar-refractivity contribution in [1.29, 1.82) is 0 Å². The van der Waals surface area contributed by atoms with Crippen LogP contribution in [0.1, 0.15) is 48.2 Å². The van der Waals surface area contributed by atoms with Crippen LogP contribution in [0.4, 0.5) is 0 Å². The molecule has 2 heterocycles. The molecule has 0 radical (unpaired) electrons. The third kappa shape index (κ3) is 4.46. The summed E-state index contributed by atoms with van der Waals surface area (Å²) in [6.45, 7) is 5.78. The Hall–Kier alpha value is -2.56. The van der Waals surface area contributed by atoms with Crippen LogP contribution in [0.25, 0.3) is 0 Å². The van der Waals surface area contributed by atoms with Gasteiger partial charge in [-0.2, -0.15) is 0 Å². The van der Waals surface area contributed by atoms with E-state index in [2.05, 4.69) is 48.0 Å². The Labute approximate surface area is 167 Å². The molecule has 5 nitrogen and oxygen atoms in total. The molecule has 5 heteroatoms. The zero-order valence-electron chi connectivity index (χ0n) is 17.2. The molecule has 1 aromatic heterocycles. The Kier molecular flexibility index (Phi) is 6.55.